The molecule has 0 heterocycles. The van der Waals surface area contributed by atoms with E-state index in [4.69, 9.17) is 28.1 Å². The maximum absolute atomic E-state index is 13.2. The van der Waals surface area contributed by atoms with Gasteiger partial charge in [-0.3, -0.25) is 17.5 Å². The molecule has 18 N–H and O–H groups in total. The van der Waals surface area contributed by atoms with E-state index in [-0.39, 0.29) is 57.6 Å². The highest BCUT2D eigenvalue weighted by Gasteiger charge is 2.59. The summed E-state index contributed by atoms with van der Waals surface area (Å²) < 4.78 is 384. The van der Waals surface area contributed by atoms with Gasteiger partial charge in [-0.05, 0) is 0 Å². The molecule has 4 unspecified atom stereocenters. The number of ether oxygens (including phenoxy) is 8. The van der Waals surface area contributed by atoms with E-state index in [9.17, 15) is 113 Å². The van der Waals surface area contributed by atoms with Gasteiger partial charge in [0.15, 0.2) is 0 Å². The van der Waals surface area contributed by atoms with Crippen LogP contribution in [0, 0.1) is 32.5 Å². The fraction of sp³-hybridized carbons (Fsp3) is 1.00. The lowest BCUT2D eigenvalue weighted by atomic mass is 9.92. The van der Waals surface area contributed by atoms with Crippen LogP contribution in [-0.2, 0) is 96.2 Å². The van der Waals surface area contributed by atoms with Crippen LogP contribution in [0.1, 0.15) is 55.4 Å². The maximum Gasteiger partial charge on any atom is 0.455 e. The Kier molecular flexibility index (Phi) is 41.5. The minimum atomic E-state index is -5.95. The van der Waals surface area contributed by atoms with Crippen molar-refractivity contribution in [2.45, 2.75) is 91.9 Å². The Morgan fingerprint density at radius 3 is 0.614 bits per heavy atom. The number of hydrogen-bond acceptors (Lipinski definition) is 22. The van der Waals surface area contributed by atoms with Gasteiger partial charge in [0.05, 0.1) is 106 Å². The third-order valence-corrected chi connectivity index (χ3v) is 11.4. The summed E-state index contributed by atoms with van der Waals surface area (Å²) in [6.45, 7) is -6.61. The van der Waals surface area contributed by atoms with Crippen molar-refractivity contribution in [1.82, 2.24) is 24.6 Å². The highest BCUT2D eigenvalue weighted by Crippen LogP contribution is 2.38. The zero-order valence-corrected chi connectivity index (χ0v) is 53.0. The number of alkyl halides is 16. The molecule has 88 heavy (non-hydrogen) atoms. The fourth-order valence-corrected chi connectivity index (χ4v) is 7.31. The molecule has 0 rings (SSSR count). The topological polar surface area (TPSA) is 480 Å². The second-order valence-corrected chi connectivity index (χ2v) is 26.2. The third kappa shape index (κ3) is 49.5. The molecule has 0 saturated heterocycles. The van der Waals surface area contributed by atoms with Gasteiger partial charge >= 0.3 is 57.3 Å². The summed E-state index contributed by atoms with van der Waals surface area (Å²) in [6.07, 6.45) is -21.2. The second kappa shape index (κ2) is 37.7. The van der Waals surface area contributed by atoms with Crippen molar-refractivity contribution in [2.75, 3.05) is 132 Å². The average molecular weight is 1440 g/mol. The van der Waals surface area contributed by atoms with Gasteiger partial charge in [-0.15, -0.1) is 0 Å². The molecule has 0 aromatic heterocycles. The van der Waals surface area contributed by atoms with E-state index in [0.29, 0.717) is 0 Å². The monoisotopic (exact) mass is 1430 g/mol. The zero-order chi connectivity index (χ0) is 66.6. The van der Waals surface area contributed by atoms with E-state index in [1.807, 2.05) is 0 Å². The van der Waals surface area contributed by atoms with Gasteiger partial charge in [-0.1, -0.05) is 55.4 Å². The molecular weight excluding hydrogens is 1350 g/mol. The van der Waals surface area contributed by atoms with Crippen LogP contribution < -0.4 is 24.6 Å². The Hall–Kier alpha value is -2.12. The molecule has 0 amide bonds. The van der Waals surface area contributed by atoms with Gasteiger partial charge in [0.1, 0.15) is 26.4 Å². The van der Waals surface area contributed by atoms with Gasteiger partial charge < -0.3 is 71.6 Å². The molecule has 4 atom stereocenters. The first-order valence-electron chi connectivity index (χ1n) is 23.1. The second-order valence-electron chi connectivity index (χ2n) is 21.9. The largest absolute Gasteiger partial charge is 0.726 e. The summed E-state index contributed by atoms with van der Waals surface area (Å²) in [6, 6.07) is 0. The summed E-state index contributed by atoms with van der Waals surface area (Å²) in [5.74, 6) is -10.5. The molecule has 0 aliphatic carbocycles. The highest BCUT2D eigenvalue weighted by atomic mass is 32.3. The van der Waals surface area contributed by atoms with E-state index < -0.39 is 210 Å². The first kappa shape index (κ1) is 97.0. The van der Waals surface area contributed by atoms with Crippen LogP contribution in [0.2, 0.25) is 0 Å². The van der Waals surface area contributed by atoms with E-state index in [1.54, 1.807) is 13.8 Å². The van der Waals surface area contributed by atoms with Gasteiger partial charge in [0.25, 0.3) is 0 Å². The van der Waals surface area contributed by atoms with Crippen LogP contribution in [0.3, 0.4) is 0 Å². The van der Waals surface area contributed by atoms with E-state index in [1.165, 1.54) is 27.7 Å². The SMILES string of the molecule is CC(C)(COCC(C)(COCC(F)(F)C(F)(F)F)COS(=O)(=O)[O-])COCC(C)(COCC(F)(F)C(F)(F)F)COS(=O)(=O)O.CC(C)(COCC(C)(COCC(F)(F)F)COS(=O)(=O)[O-])COCC(C)(COCC(F)(F)F)COS(=O)(=O)O.[NH4+].[NH4+].[NH4+].[NH4+]. The van der Waals surface area contributed by atoms with Gasteiger partial charge in [-0.25, -0.2) is 25.2 Å². The first-order valence-corrected chi connectivity index (χ1v) is 28.5. The summed E-state index contributed by atoms with van der Waals surface area (Å²) in [5.41, 5.74) is -8.33. The highest BCUT2D eigenvalue weighted by molar-refractivity contribution is 7.81. The first-order chi connectivity index (χ1) is 37.0. The average Bonchev–Trinajstić information content (AvgIpc) is 3.24. The standard InChI is InChI=1S/C21H34F10O12S2.C19H34F6O12S2.4H3N/c1-15(2,5-38-7-16(3,11-42-44(32,33)34)9-40-13-18(22,23)20(26,27)28)6-39-8-17(4,12-43-45(35,36)37)10-41-14-19(24,25)21(29,30)31;1-15(2,5-32-7-16(3,11-36-38(26,27)28)9-34-13-18(20,21)22)6-33-8-17(4,12-37-39(29,30)31)10-35-14-19(23,24)25;;;;/h5-14H2,1-4H3,(H,32,33,34)(H,35,36,37);5-14H2,1-4H3,(H,26,27,28)(H,29,30,31);4*1H3/p+2. The van der Waals surface area contributed by atoms with Crippen molar-refractivity contribution in [3.8, 4) is 0 Å². The van der Waals surface area contributed by atoms with Crippen LogP contribution in [0.15, 0.2) is 0 Å². The molecule has 0 bridgehead atoms. The Morgan fingerprint density at radius 2 is 0.455 bits per heavy atom. The Balaban J connectivity index is -0.000000369. The summed E-state index contributed by atoms with van der Waals surface area (Å²) in [4.78, 5) is 0. The lowest BCUT2D eigenvalue weighted by molar-refractivity contribution is -0.298. The molecule has 0 spiro atoms. The van der Waals surface area contributed by atoms with Crippen LogP contribution >= 0.6 is 0 Å². The number of hydrogen-bond donors (Lipinski definition) is 6. The van der Waals surface area contributed by atoms with Crippen LogP contribution in [-0.4, -0.2) is 221 Å². The van der Waals surface area contributed by atoms with Crippen molar-refractivity contribution in [3.05, 3.63) is 0 Å². The number of halogens is 16. The summed E-state index contributed by atoms with van der Waals surface area (Å²) in [7, 11) is -20.5. The summed E-state index contributed by atoms with van der Waals surface area (Å²) >= 11 is 0. The molecule has 0 aliphatic rings. The molecule has 28 nitrogen and oxygen atoms in total. The zero-order valence-electron chi connectivity index (χ0n) is 49.7. The normalized spacial score (nSPS) is 16.4. The molecule has 0 aromatic carbocycles. The molecular formula is C40H82F16N4O24S4+2. The molecule has 0 aliphatic heterocycles. The predicted octanol–water partition coefficient (Wildman–Crippen LogP) is 7.80. The van der Waals surface area contributed by atoms with Crippen LogP contribution in [0.5, 0.6) is 0 Å². The lowest BCUT2D eigenvalue weighted by Crippen LogP contribution is -2.43. The van der Waals surface area contributed by atoms with Gasteiger partial charge in [-0.2, -0.15) is 87.1 Å². The molecule has 0 saturated carbocycles. The molecule has 0 radical (unpaired) electrons. The molecule has 0 fully saturated rings. The van der Waals surface area contributed by atoms with Crippen LogP contribution in [0.4, 0.5) is 70.2 Å². The van der Waals surface area contributed by atoms with Crippen molar-refractivity contribution in [3.63, 3.8) is 0 Å². The van der Waals surface area contributed by atoms with Crippen molar-refractivity contribution in [1.29, 1.82) is 0 Å². The minimum Gasteiger partial charge on any atom is -0.726 e. The summed E-state index contributed by atoms with van der Waals surface area (Å²) in [5, 5.41) is 0. The molecule has 0 aromatic rings. The van der Waals surface area contributed by atoms with E-state index in [0.717, 1.165) is 13.8 Å². The third-order valence-electron chi connectivity index (χ3n) is 9.72. The van der Waals surface area contributed by atoms with Crippen molar-refractivity contribution < 1.29 is 177 Å². The van der Waals surface area contributed by atoms with Gasteiger partial charge in [0, 0.05) is 32.5 Å². The Labute approximate surface area is 498 Å². The number of quaternary nitrogens is 4. The smallest absolute Gasteiger partial charge is 0.455 e. The van der Waals surface area contributed by atoms with E-state index >= 15 is 0 Å². The Morgan fingerprint density at radius 1 is 0.284 bits per heavy atom. The molecule has 48 heteroatoms. The van der Waals surface area contributed by atoms with Crippen LogP contribution in [0.25, 0.3) is 0 Å². The maximum atomic E-state index is 13.2. The Bertz CT molecular complexity index is 2260. The lowest BCUT2D eigenvalue weighted by Gasteiger charge is -2.33. The molecule has 540 valence electrons. The number of rotatable bonds is 42. The predicted molar refractivity (Wildman–Crippen MR) is 271 cm³/mol. The van der Waals surface area contributed by atoms with Crippen molar-refractivity contribution in [2.24, 2.45) is 32.5 Å². The quantitative estimate of drug-likeness (QED) is 0.0193. The fourth-order valence-electron chi connectivity index (χ4n) is 5.58. The van der Waals surface area contributed by atoms with E-state index in [2.05, 4.69) is 35.7 Å². The van der Waals surface area contributed by atoms with Crippen molar-refractivity contribution >= 4 is 41.6 Å². The van der Waals surface area contributed by atoms with Gasteiger partial charge in [0.2, 0.25) is 20.8 Å². The minimum absolute atomic E-state index is 0.